The highest BCUT2D eigenvalue weighted by Gasteiger charge is 2.28. The summed E-state index contributed by atoms with van der Waals surface area (Å²) in [6.45, 7) is 0. The van der Waals surface area contributed by atoms with Crippen molar-refractivity contribution < 1.29 is 9.90 Å². The standard InChI is InChI=1S/C16H13N3O2S/c20-13-8-11-4-2-1-3-10(11)7-12(13)14(21)17-16-19-18-15(22-16)9-5-6-9/h1-4,7-9,20H,5-6H2,(H,17,19,21). The number of carbonyl (C=O) groups is 1. The first-order valence-electron chi connectivity index (χ1n) is 7.07. The van der Waals surface area contributed by atoms with E-state index in [2.05, 4.69) is 15.5 Å². The third-order valence-corrected chi connectivity index (χ3v) is 4.70. The van der Waals surface area contributed by atoms with Gasteiger partial charge in [0.2, 0.25) is 5.13 Å². The van der Waals surface area contributed by atoms with Gasteiger partial charge in [0.25, 0.3) is 5.91 Å². The van der Waals surface area contributed by atoms with Crippen LogP contribution in [0.3, 0.4) is 0 Å². The van der Waals surface area contributed by atoms with E-state index in [0.717, 1.165) is 28.6 Å². The van der Waals surface area contributed by atoms with Gasteiger partial charge in [-0.15, -0.1) is 10.2 Å². The zero-order valence-corrected chi connectivity index (χ0v) is 12.4. The van der Waals surface area contributed by atoms with Crippen LogP contribution in [-0.2, 0) is 0 Å². The van der Waals surface area contributed by atoms with Crippen molar-refractivity contribution in [1.29, 1.82) is 0 Å². The molecule has 22 heavy (non-hydrogen) atoms. The number of phenols is 1. The van der Waals surface area contributed by atoms with Crippen LogP contribution in [0.1, 0.15) is 34.1 Å². The molecule has 2 aromatic carbocycles. The first kappa shape index (κ1) is 13.2. The van der Waals surface area contributed by atoms with Gasteiger partial charge in [0.15, 0.2) is 0 Å². The zero-order valence-electron chi connectivity index (χ0n) is 11.6. The summed E-state index contributed by atoms with van der Waals surface area (Å²) >= 11 is 1.40. The van der Waals surface area contributed by atoms with Crippen molar-refractivity contribution in [3.8, 4) is 5.75 Å². The summed E-state index contributed by atoms with van der Waals surface area (Å²) in [6, 6.07) is 10.9. The van der Waals surface area contributed by atoms with Crippen LogP contribution in [0.4, 0.5) is 5.13 Å². The number of aromatic hydroxyl groups is 1. The summed E-state index contributed by atoms with van der Waals surface area (Å²) in [7, 11) is 0. The van der Waals surface area contributed by atoms with Gasteiger partial charge in [-0.3, -0.25) is 10.1 Å². The lowest BCUT2D eigenvalue weighted by molar-refractivity contribution is 0.102. The molecule has 0 atom stereocenters. The fourth-order valence-corrected chi connectivity index (χ4v) is 3.26. The second kappa shape index (κ2) is 5.06. The van der Waals surface area contributed by atoms with E-state index in [0.29, 0.717) is 11.0 Å². The van der Waals surface area contributed by atoms with E-state index in [-0.39, 0.29) is 17.2 Å². The van der Waals surface area contributed by atoms with Crippen LogP contribution in [0, 0.1) is 0 Å². The minimum atomic E-state index is -0.373. The van der Waals surface area contributed by atoms with Gasteiger partial charge in [0.1, 0.15) is 10.8 Å². The van der Waals surface area contributed by atoms with E-state index in [1.807, 2.05) is 24.3 Å². The molecule has 0 aliphatic heterocycles. The Hall–Kier alpha value is -2.47. The van der Waals surface area contributed by atoms with Crippen LogP contribution in [0.5, 0.6) is 5.75 Å². The van der Waals surface area contributed by atoms with Crippen molar-refractivity contribution in [2.24, 2.45) is 0 Å². The normalized spacial score (nSPS) is 14.2. The van der Waals surface area contributed by atoms with E-state index < -0.39 is 0 Å². The molecule has 0 bridgehead atoms. The largest absolute Gasteiger partial charge is 0.507 e. The Labute approximate surface area is 130 Å². The zero-order chi connectivity index (χ0) is 15.1. The van der Waals surface area contributed by atoms with Crippen LogP contribution in [0.25, 0.3) is 10.8 Å². The number of anilines is 1. The Bertz CT molecular complexity index is 871. The van der Waals surface area contributed by atoms with Crippen LogP contribution < -0.4 is 5.32 Å². The first-order chi connectivity index (χ1) is 10.7. The number of nitrogens with one attached hydrogen (secondary N) is 1. The molecule has 110 valence electrons. The van der Waals surface area contributed by atoms with Crippen molar-refractivity contribution in [2.75, 3.05) is 5.32 Å². The smallest absolute Gasteiger partial charge is 0.261 e. The van der Waals surface area contributed by atoms with Crippen molar-refractivity contribution in [3.63, 3.8) is 0 Å². The van der Waals surface area contributed by atoms with Gasteiger partial charge < -0.3 is 5.11 Å². The highest BCUT2D eigenvalue weighted by Crippen LogP contribution is 2.42. The van der Waals surface area contributed by atoms with Crippen LogP contribution in [-0.4, -0.2) is 21.2 Å². The van der Waals surface area contributed by atoms with E-state index >= 15 is 0 Å². The molecule has 1 heterocycles. The maximum atomic E-state index is 12.3. The fraction of sp³-hybridized carbons (Fsp3) is 0.188. The predicted molar refractivity (Wildman–Crippen MR) is 85.5 cm³/mol. The summed E-state index contributed by atoms with van der Waals surface area (Å²) in [4.78, 5) is 12.3. The lowest BCUT2D eigenvalue weighted by Crippen LogP contribution is -2.12. The molecular weight excluding hydrogens is 298 g/mol. The highest BCUT2D eigenvalue weighted by atomic mass is 32.1. The molecule has 1 amide bonds. The number of amides is 1. The lowest BCUT2D eigenvalue weighted by Gasteiger charge is -2.06. The number of hydrogen-bond acceptors (Lipinski definition) is 5. The number of hydrogen-bond donors (Lipinski definition) is 2. The summed E-state index contributed by atoms with van der Waals surface area (Å²) in [5.41, 5.74) is 0.238. The van der Waals surface area contributed by atoms with E-state index in [4.69, 9.17) is 0 Å². The van der Waals surface area contributed by atoms with Gasteiger partial charge in [-0.1, -0.05) is 35.6 Å². The van der Waals surface area contributed by atoms with E-state index in [1.165, 1.54) is 11.3 Å². The summed E-state index contributed by atoms with van der Waals surface area (Å²) in [6.07, 6.45) is 2.29. The van der Waals surface area contributed by atoms with Gasteiger partial charge >= 0.3 is 0 Å². The topological polar surface area (TPSA) is 75.1 Å². The van der Waals surface area contributed by atoms with Crippen LogP contribution in [0.2, 0.25) is 0 Å². The lowest BCUT2D eigenvalue weighted by atomic mass is 10.1. The molecule has 3 aromatic rings. The maximum absolute atomic E-state index is 12.3. The minimum absolute atomic E-state index is 0.0388. The van der Waals surface area contributed by atoms with E-state index in [9.17, 15) is 9.90 Å². The Balaban J connectivity index is 1.62. The Morgan fingerprint density at radius 3 is 2.64 bits per heavy atom. The van der Waals surface area contributed by atoms with Gasteiger partial charge in [0.05, 0.1) is 5.56 Å². The number of fused-ring (bicyclic) bond motifs is 1. The minimum Gasteiger partial charge on any atom is -0.507 e. The quantitative estimate of drug-likeness (QED) is 0.776. The second-order valence-electron chi connectivity index (χ2n) is 5.39. The Kier molecular flexibility index (Phi) is 3.04. The third-order valence-electron chi connectivity index (χ3n) is 3.70. The van der Waals surface area contributed by atoms with Gasteiger partial charge in [-0.25, -0.2) is 0 Å². The van der Waals surface area contributed by atoms with Crippen molar-refractivity contribution in [2.45, 2.75) is 18.8 Å². The second-order valence-corrected chi connectivity index (χ2v) is 6.40. The summed E-state index contributed by atoms with van der Waals surface area (Å²) in [5.74, 6) is 0.0992. The average Bonchev–Trinajstić information content (AvgIpc) is 3.27. The molecule has 0 spiro atoms. The molecule has 5 nitrogen and oxygen atoms in total. The fourth-order valence-electron chi connectivity index (χ4n) is 2.35. The Morgan fingerprint density at radius 1 is 1.18 bits per heavy atom. The molecule has 0 radical (unpaired) electrons. The summed E-state index contributed by atoms with van der Waals surface area (Å²) < 4.78 is 0. The third kappa shape index (κ3) is 2.42. The summed E-state index contributed by atoms with van der Waals surface area (Å²) in [5, 5.41) is 24.1. The SMILES string of the molecule is O=C(Nc1nnc(C2CC2)s1)c1cc2ccccc2cc1O. The van der Waals surface area contributed by atoms with Crippen molar-refractivity contribution in [3.05, 3.63) is 47.0 Å². The molecule has 4 rings (SSSR count). The molecule has 1 saturated carbocycles. The molecule has 1 aromatic heterocycles. The predicted octanol–water partition coefficient (Wildman–Crippen LogP) is 3.53. The van der Waals surface area contributed by atoms with Gasteiger partial charge in [-0.2, -0.15) is 0 Å². The number of carbonyl (C=O) groups excluding carboxylic acids is 1. The number of rotatable bonds is 3. The first-order valence-corrected chi connectivity index (χ1v) is 7.89. The molecular formula is C16H13N3O2S. The number of nitrogens with zero attached hydrogens (tertiary/aromatic N) is 2. The maximum Gasteiger partial charge on any atom is 0.261 e. The van der Waals surface area contributed by atoms with Crippen molar-refractivity contribution >= 4 is 33.1 Å². The van der Waals surface area contributed by atoms with Gasteiger partial charge in [-0.05, 0) is 35.7 Å². The number of aromatic nitrogens is 2. The number of benzene rings is 2. The average molecular weight is 311 g/mol. The molecule has 1 aliphatic rings. The van der Waals surface area contributed by atoms with E-state index in [1.54, 1.807) is 12.1 Å². The molecule has 1 fully saturated rings. The molecule has 6 heteroatoms. The molecule has 0 saturated heterocycles. The van der Waals surface area contributed by atoms with Crippen LogP contribution in [0.15, 0.2) is 36.4 Å². The van der Waals surface area contributed by atoms with Crippen LogP contribution >= 0.6 is 11.3 Å². The molecule has 0 unspecified atom stereocenters. The Morgan fingerprint density at radius 2 is 1.91 bits per heavy atom. The van der Waals surface area contributed by atoms with Crippen molar-refractivity contribution in [1.82, 2.24) is 10.2 Å². The number of phenolic OH excluding ortho intramolecular Hbond substituents is 1. The van der Waals surface area contributed by atoms with Gasteiger partial charge in [0, 0.05) is 5.92 Å². The molecule has 1 aliphatic carbocycles. The molecule has 2 N–H and O–H groups in total. The monoisotopic (exact) mass is 311 g/mol. The highest BCUT2D eigenvalue weighted by molar-refractivity contribution is 7.15.